The third-order valence-electron chi connectivity index (χ3n) is 3.60. The molecule has 110 valence electrons. The lowest BCUT2D eigenvalue weighted by Crippen LogP contribution is -2.51. The average molecular weight is 278 g/mol. The molecule has 1 amide bonds. The molecule has 0 aromatic heterocycles. The Hall–Kier alpha value is -1.75. The van der Waals surface area contributed by atoms with Crippen LogP contribution in [0.4, 0.5) is 0 Å². The number of piperidine rings is 1. The number of nitrogens with one attached hydrogen (secondary N) is 2. The van der Waals surface area contributed by atoms with Gasteiger partial charge in [-0.1, -0.05) is 19.1 Å². The number of hydrogen-bond acceptors (Lipinski definition) is 4. The summed E-state index contributed by atoms with van der Waals surface area (Å²) >= 11 is 0. The molecule has 1 aromatic rings. The van der Waals surface area contributed by atoms with Gasteiger partial charge in [-0.05, 0) is 31.0 Å². The minimum absolute atomic E-state index is 0.00356. The SMILES string of the molecule is COc1ccccc1OCC(=O)NC1CNCCC1C. The Morgan fingerprint density at radius 1 is 1.40 bits per heavy atom. The fourth-order valence-corrected chi connectivity index (χ4v) is 2.31. The highest BCUT2D eigenvalue weighted by Crippen LogP contribution is 2.25. The first-order chi connectivity index (χ1) is 9.70. The van der Waals surface area contributed by atoms with Crippen molar-refractivity contribution in [1.82, 2.24) is 10.6 Å². The minimum Gasteiger partial charge on any atom is -0.493 e. The van der Waals surface area contributed by atoms with E-state index in [2.05, 4.69) is 17.6 Å². The number of methoxy groups -OCH3 is 1. The Kier molecular flexibility index (Phi) is 5.24. The van der Waals surface area contributed by atoms with Crippen molar-refractivity contribution in [3.05, 3.63) is 24.3 Å². The third-order valence-corrected chi connectivity index (χ3v) is 3.60. The maximum Gasteiger partial charge on any atom is 0.258 e. The number of rotatable bonds is 5. The Labute approximate surface area is 119 Å². The van der Waals surface area contributed by atoms with E-state index in [1.807, 2.05) is 12.1 Å². The number of para-hydroxylation sites is 2. The molecule has 1 saturated heterocycles. The highest BCUT2D eigenvalue weighted by molar-refractivity contribution is 5.78. The highest BCUT2D eigenvalue weighted by atomic mass is 16.5. The van der Waals surface area contributed by atoms with Crippen LogP contribution in [-0.2, 0) is 4.79 Å². The summed E-state index contributed by atoms with van der Waals surface area (Å²) in [5.41, 5.74) is 0. The summed E-state index contributed by atoms with van der Waals surface area (Å²) in [7, 11) is 1.58. The average Bonchev–Trinajstić information content (AvgIpc) is 2.48. The van der Waals surface area contributed by atoms with E-state index in [1.165, 1.54) is 0 Å². The molecular formula is C15H22N2O3. The summed E-state index contributed by atoms with van der Waals surface area (Å²) in [6.45, 7) is 4.00. The number of amides is 1. The molecule has 2 unspecified atom stereocenters. The summed E-state index contributed by atoms with van der Waals surface area (Å²) in [4.78, 5) is 11.9. The van der Waals surface area contributed by atoms with Crippen molar-refractivity contribution in [2.75, 3.05) is 26.8 Å². The molecule has 2 atom stereocenters. The van der Waals surface area contributed by atoms with Gasteiger partial charge in [0.15, 0.2) is 18.1 Å². The first kappa shape index (κ1) is 14.7. The molecule has 5 nitrogen and oxygen atoms in total. The summed E-state index contributed by atoms with van der Waals surface area (Å²) in [6, 6.07) is 7.49. The molecule has 1 fully saturated rings. The quantitative estimate of drug-likeness (QED) is 0.849. The van der Waals surface area contributed by atoms with Crippen LogP contribution in [0.1, 0.15) is 13.3 Å². The standard InChI is InChI=1S/C15H22N2O3/c1-11-7-8-16-9-12(11)17-15(18)10-20-14-6-4-3-5-13(14)19-2/h3-6,11-12,16H,7-10H2,1-2H3,(H,17,18). The topological polar surface area (TPSA) is 59.6 Å². The molecule has 20 heavy (non-hydrogen) atoms. The maximum absolute atomic E-state index is 11.9. The molecule has 1 aromatic carbocycles. The summed E-state index contributed by atoms with van der Waals surface area (Å²) in [5, 5.41) is 6.30. The van der Waals surface area contributed by atoms with Gasteiger partial charge in [-0.3, -0.25) is 4.79 Å². The van der Waals surface area contributed by atoms with Crippen LogP contribution in [0, 0.1) is 5.92 Å². The molecule has 0 saturated carbocycles. The van der Waals surface area contributed by atoms with Gasteiger partial charge in [-0.2, -0.15) is 0 Å². The second-order valence-corrected chi connectivity index (χ2v) is 5.08. The summed E-state index contributed by atoms with van der Waals surface area (Å²) < 4.78 is 10.7. The molecule has 0 aliphatic carbocycles. The van der Waals surface area contributed by atoms with Crippen molar-refractivity contribution in [3.63, 3.8) is 0 Å². The fraction of sp³-hybridized carbons (Fsp3) is 0.533. The van der Waals surface area contributed by atoms with E-state index in [4.69, 9.17) is 9.47 Å². The number of carbonyl (C=O) groups is 1. The number of benzene rings is 1. The van der Waals surface area contributed by atoms with E-state index in [0.29, 0.717) is 17.4 Å². The van der Waals surface area contributed by atoms with E-state index in [0.717, 1.165) is 19.5 Å². The molecule has 0 spiro atoms. The third kappa shape index (κ3) is 3.87. The van der Waals surface area contributed by atoms with E-state index in [-0.39, 0.29) is 18.6 Å². The molecule has 2 rings (SSSR count). The molecule has 0 radical (unpaired) electrons. The van der Waals surface area contributed by atoms with E-state index < -0.39 is 0 Å². The predicted molar refractivity (Wildman–Crippen MR) is 77.1 cm³/mol. The first-order valence-corrected chi connectivity index (χ1v) is 6.96. The molecule has 1 heterocycles. The Balaban J connectivity index is 1.82. The van der Waals surface area contributed by atoms with Gasteiger partial charge in [-0.15, -0.1) is 0 Å². The second-order valence-electron chi connectivity index (χ2n) is 5.08. The Morgan fingerprint density at radius 2 is 2.15 bits per heavy atom. The zero-order valence-electron chi connectivity index (χ0n) is 12.0. The number of hydrogen-bond donors (Lipinski definition) is 2. The lowest BCUT2D eigenvalue weighted by Gasteiger charge is -2.30. The number of carbonyl (C=O) groups excluding carboxylic acids is 1. The van der Waals surface area contributed by atoms with Crippen LogP contribution in [0.2, 0.25) is 0 Å². The lowest BCUT2D eigenvalue weighted by atomic mass is 9.95. The molecule has 2 N–H and O–H groups in total. The summed E-state index contributed by atoms with van der Waals surface area (Å²) in [5.74, 6) is 1.61. The van der Waals surface area contributed by atoms with Crippen molar-refractivity contribution in [2.24, 2.45) is 5.92 Å². The van der Waals surface area contributed by atoms with E-state index in [9.17, 15) is 4.79 Å². The zero-order valence-corrected chi connectivity index (χ0v) is 12.0. The monoisotopic (exact) mass is 278 g/mol. The zero-order chi connectivity index (χ0) is 14.4. The van der Waals surface area contributed by atoms with Crippen molar-refractivity contribution < 1.29 is 14.3 Å². The van der Waals surface area contributed by atoms with Crippen LogP contribution in [0.3, 0.4) is 0 Å². The molecule has 0 bridgehead atoms. The second kappa shape index (κ2) is 7.14. The molecular weight excluding hydrogens is 256 g/mol. The smallest absolute Gasteiger partial charge is 0.258 e. The Morgan fingerprint density at radius 3 is 2.85 bits per heavy atom. The fourth-order valence-electron chi connectivity index (χ4n) is 2.31. The van der Waals surface area contributed by atoms with E-state index in [1.54, 1.807) is 19.2 Å². The van der Waals surface area contributed by atoms with Gasteiger partial charge in [0.25, 0.3) is 5.91 Å². The predicted octanol–water partition coefficient (Wildman–Crippen LogP) is 1.19. The van der Waals surface area contributed by atoms with Gasteiger partial charge in [0, 0.05) is 12.6 Å². The van der Waals surface area contributed by atoms with Crippen molar-refractivity contribution in [3.8, 4) is 11.5 Å². The minimum atomic E-state index is -0.101. The normalized spacial score (nSPS) is 22.1. The molecule has 5 heteroatoms. The number of ether oxygens (including phenoxy) is 2. The van der Waals surface area contributed by atoms with Crippen molar-refractivity contribution in [1.29, 1.82) is 0 Å². The van der Waals surface area contributed by atoms with Gasteiger partial charge in [0.2, 0.25) is 0 Å². The first-order valence-electron chi connectivity index (χ1n) is 6.96. The van der Waals surface area contributed by atoms with Gasteiger partial charge in [-0.25, -0.2) is 0 Å². The van der Waals surface area contributed by atoms with E-state index >= 15 is 0 Å². The molecule has 1 aliphatic rings. The van der Waals surface area contributed by atoms with Crippen LogP contribution in [-0.4, -0.2) is 38.8 Å². The van der Waals surface area contributed by atoms with Crippen LogP contribution < -0.4 is 20.1 Å². The summed E-state index contributed by atoms with van der Waals surface area (Å²) in [6.07, 6.45) is 1.08. The van der Waals surface area contributed by atoms with Gasteiger partial charge in [0.05, 0.1) is 7.11 Å². The van der Waals surface area contributed by atoms with Crippen LogP contribution in [0.25, 0.3) is 0 Å². The van der Waals surface area contributed by atoms with Gasteiger partial charge in [0.1, 0.15) is 0 Å². The van der Waals surface area contributed by atoms with Crippen molar-refractivity contribution in [2.45, 2.75) is 19.4 Å². The lowest BCUT2D eigenvalue weighted by molar-refractivity contribution is -0.124. The van der Waals surface area contributed by atoms with Crippen LogP contribution in [0.5, 0.6) is 11.5 Å². The van der Waals surface area contributed by atoms with Crippen molar-refractivity contribution >= 4 is 5.91 Å². The van der Waals surface area contributed by atoms with Crippen LogP contribution in [0.15, 0.2) is 24.3 Å². The molecule has 1 aliphatic heterocycles. The largest absolute Gasteiger partial charge is 0.493 e. The van der Waals surface area contributed by atoms with Gasteiger partial charge < -0.3 is 20.1 Å². The highest BCUT2D eigenvalue weighted by Gasteiger charge is 2.22. The maximum atomic E-state index is 11.9. The van der Waals surface area contributed by atoms with Gasteiger partial charge >= 0.3 is 0 Å². The van der Waals surface area contributed by atoms with Crippen LogP contribution >= 0.6 is 0 Å². The Bertz CT molecular complexity index is 450.